The quantitative estimate of drug-likeness (QED) is 0.299. The second-order valence-corrected chi connectivity index (χ2v) is 11.2. The van der Waals surface area contributed by atoms with Crippen LogP contribution in [0.5, 0.6) is 5.75 Å². The molecule has 0 spiro atoms. The van der Waals surface area contributed by atoms with Gasteiger partial charge >= 0.3 is 0 Å². The summed E-state index contributed by atoms with van der Waals surface area (Å²) in [7, 11) is 1.69. The number of thiophene rings is 1. The fourth-order valence-electron chi connectivity index (χ4n) is 4.23. The first-order chi connectivity index (χ1) is 15.2. The van der Waals surface area contributed by atoms with Crippen LogP contribution in [0.25, 0.3) is 31.0 Å². The number of rotatable bonds is 4. The van der Waals surface area contributed by atoms with E-state index in [-0.39, 0.29) is 0 Å². The topological polar surface area (TPSA) is 47.0 Å². The highest BCUT2D eigenvalue weighted by molar-refractivity contribution is 7.24. The molecule has 3 heterocycles. The number of nitrogens with zero attached hydrogens (tertiary/aromatic N) is 2. The van der Waals surface area contributed by atoms with E-state index in [0.717, 1.165) is 50.4 Å². The molecule has 5 aromatic rings. The number of para-hydroxylation sites is 1. The second kappa shape index (κ2) is 7.58. The minimum absolute atomic E-state index is 0.733. The Labute approximate surface area is 192 Å². The normalized spacial score (nSPS) is 16.0. The van der Waals surface area contributed by atoms with Crippen LogP contribution in [0.4, 0.5) is 10.1 Å². The Morgan fingerprint density at radius 1 is 1.00 bits per heavy atom. The Balaban J connectivity index is 1.46. The lowest BCUT2D eigenvalue weighted by Crippen LogP contribution is -2.09. The minimum atomic E-state index is 0.733. The van der Waals surface area contributed by atoms with Gasteiger partial charge in [-0.2, -0.15) is 0 Å². The van der Waals surface area contributed by atoms with Gasteiger partial charge in [0.05, 0.1) is 27.5 Å². The molecule has 0 radical (unpaired) electrons. The monoisotopic (exact) mass is 463 g/mol. The first-order valence-electron chi connectivity index (χ1n) is 10.4. The summed E-state index contributed by atoms with van der Waals surface area (Å²) in [5, 5.41) is 6.86. The molecule has 1 aliphatic rings. The average Bonchev–Trinajstić information content (AvgIpc) is 3.46. The van der Waals surface area contributed by atoms with E-state index in [2.05, 4.69) is 42.6 Å². The predicted molar refractivity (Wildman–Crippen MR) is 134 cm³/mol. The number of hydrogen-bond acceptors (Lipinski definition) is 7. The van der Waals surface area contributed by atoms with Crippen LogP contribution in [0, 0.1) is 5.92 Å². The molecule has 1 unspecified atom stereocenters. The van der Waals surface area contributed by atoms with Crippen LogP contribution in [0.2, 0.25) is 0 Å². The third kappa shape index (κ3) is 3.41. The molecule has 3 aromatic heterocycles. The molecular formula is C24H21N3OS3. The van der Waals surface area contributed by atoms with Gasteiger partial charge in [0.2, 0.25) is 0 Å². The Hall–Kier alpha value is -2.48. The van der Waals surface area contributed by atoms with E-state index in [4.69, 9.17) is 14.7 Å². The summed E-state index contributed by atoms with van der Waals surface area (Å²) in [5.74, 6) is 1.57. The van der Waals surface area contributed by atoms with Crippen LogP contribution >= 0.6 is 34.0 Å². The standard InChI is InChI=1S/C24H21N3OS3/c1-13-7-9-15-20(11-13)30-23(21(15)22-25-16-5-3-4-6-18(16)29-22)27-24-26-17-12-14(28-2)8-10-19(17)31-24/h3-6,8,10,12-13H,7,9,11H2,1-2H3,(H,26,27). The van der Waals surface area contributed by atoms with Gasteiger partial charge in [-0.05, 0) is 55.0 Å². The van der Waals surface area contributed by atoms with E-state index >= 15 is 0 Å². The van der Waals surface area contributed by atoms with Crippen LogP contribution in [0.15, 0.2) is 42.5 Å². The molecule has 0 fully saturated rings. The Morgan fingerprint density at radius 3 is 2.74 bits per heavy atom. The molecule has 31 heavy (non-hydrogen) atoms. The minimum Gasteiger partial charge on any atom is -0.497 e. The largest absolute Gasteiger partial charge is 0.497 e. The Bertz CT molecular complexity index is 1380. The average molecular weight is 464 g/mol. The molecule has 0 amide bonds. The van der Waals surface area contributed by atoms with Gasteiger partial charge in [-0.15, -0.1) is 22.7 Å². The van der Waals surface area contributed by atoms with E-state index in [9.17, 15) is 0 Å². The molecule has 0 saturated carbocycles. The number of methoxy groups -OCH3 is 1. The van der Waals surface area contributed by atoms with Crippen molar-refractivity contribution in [2.75, 3.05) is 12.4 Å². The molecule has 1 aliphatic carbocycles. The summed E-state index contributed by atoms with van der Waals surface area (Å²) < 4.78 is 7.75. The van der Waals surface area contributed by atoms with Crippen molar-refractivity contribution in [3.05, 3.63) is 52.9 Å². The zero-order valence-electron chi connectivity index (χ0n) is 17.3. The number of benzene rings is 2. The van der Waals surface area contributed by atoms with Crippen LogP contribution < -0.4 is 10.1 Å². The van der Waals surface area contributed by atoms with Crippen molar-refractivity contribution in [1.82, 2.24) is 9.97 Å². The fraction of sp³-hybridized carbons (Fsp3) is 0.250. The van der Waals surface area contributed by atoms with Crippen LogP contribution in [-0.4, -0.2) is 17.1 Å². The molecule has 0 saturated heterocycles. The number of hydrogen-bond donors (Lipinski definition) is 1. The van der Waals surface area contributed by atoms with Crippen LogP contribution in [-0.2, 0) is 12.8 Å². The maximum atomic E-state index is 5.36. The van der Waals surface area contributed by atoms with E-state index < -0.39 is 0 Å². The van der Waals surface area contributed by atoms with Crippen LogP contribution in [0.3, 0.4) is 0 Å². The molecule has 1 atom stereocenters. The number of anilines is 2. The smallest absolute Gasteiger partial charge is 0.188 e. The molecule has 7 heteroatoms. The summed E-state index contributed by atoms with van der Waals surface area (Å²) in [6.07, 6.45) is 3.51. The maximum absolute atomic E-state index is 5.36. The number of thiazole rings is 2. The molecular weight excluding hydrogens is 442 g/mol. The molecule has 6 rings (SSSR count). The first-order valence-corrected chi connectivity index (χ1v) is 12.8. The van der Waals surface area contributed by atoms with Gasteiger partial charge in [-0.3, -0.25) is 0 Å². The van der Waals surface area contributed by atoms with Gasteiger partial charge in [-0.1, -0.05) is 30.4 Å². The Morgan fingerprint density at radius 2 is 1.87 bits per heavy atom. The summed E-state index contributed by atoms with van der Waals surface area (Å²) >= 11 is 5.34. The number of aromatic nitrogens is 2. The lowest BCUT2D eigenvalue weighted by molar-refractivity contribution is 0.415. The number of fused-ring (bicyclic) bond motifs is 3. The van der Waals surface area contributed by atoms with Gasteiger partial charge in [0.1, 0.15) is 15.8 Å². The van der Waals surface area contributed by atoms with Gasteiger partial charge in [0.25, 0.3) is 0 Å². The molecule has 156 valence electrons. The maximum Gasteiger partial charge on any atom is 0.188 e. The van der Waals surface area contributed by atoms with Gasteiger partial charge < -0.3 is 10.1 Å². The number of nitrogens with one attached hydrogen (secondary N) is 1. The van der Waals surface area contributed by atoms with E-state index in [0.29, 0.717) is 0 Å². The third-order valence-electron chi connectivity index (χ3n) is 5.83. The zero-order valence-corrected chi connectivity index (χ0v) is 19.7. The molecule has 2 aromatic carbocycles. The highest BCUT2D eigenvalue weighted by atomic mass is 32.1. The third-order valence-corrected chi connectivity index (χ3v) is 9.01. The van der Waals surface area contributed by atoms with Gasteiger partial charge in [-0.25, -0.2) is 9.97 Å². The van der Waals surface area contributed by atoms with Crippen molar-refractivity contribution < 1.29 is 4.74 Å². The van der Waals surface area contributed by atoms with Crippen molar-refractivity contribution >= 4 is 64.6 Å². The molecule has 0 aliphatic heterocycles. The van der Waals surface area contributed by atoms with Crippen molar-refractivity contribution in [3.8, 4) is 16.3 Å². The molecule has 4 nitrogen and oxygen atoms in total. The fourth-order valence-corrected chi connectivity index (χ4v) is 7.66. The summed E-state index contributed by atoms with van der Waals surface area (Å²) in [4.78, 5) is 11.3. The molecule has 0 bridgehead atoms. The highest BCUT2D eigenvalue weighted by Gasteiger charge is 2.27. The van der Waals surface area contributed by atoms with Crippen molar-refractivity contribution in [2.24, 2.45) is 5.92 Å². The first kappa shape index (κ1) is 19.2. The van der Waals surface area contributed by atoms with E-state index in [1.807, 2.05) is 23.5 Å². The lowest BCUT2D eigenvalue weighted by atomic mass is 9.88. The van der Waals surface area contributed by atoms with Crippen LogP contribution in [0.1, 0.15) is 23.8 Å². The van der Waals surface area contributed by atoms with Crippen molar-refractivity contribution in [1.29, 1.82) is 0 Å². The zero-order chi connectivity index (χ0) is 20.9. The lowest BCUT2D eigenvalue weighted by Gasteiger charge is -2.18. The second-order valence-electron chi connectivity index (χ2n) is 8.02. The van der Waals surface area contributed by atoms with Gasteiger partial charge in [0, 0.05) is 16.5 Å². The predicted octanol–water partition coefficient (Wildman–Crippen LogP) is 7.51. The van der Waals surface area contributed by atoms with Gasteiger partial charge in [0.15, 0.2) is 5.13 Å². The molecule has 1 N–H and O–H groups in total. The van der Waals surface area contributed by atoms with Crippen molar-refractivity contribution in [3.63, 3.8) is 0 Å². The Kier molecular flexibility index (Phi) is 4.70. The van der Waals surface area contributed by atoms with E-state index in [1.165, 1.54) is 32.1 Å². The van der Waals surface area contributed by atoms with E-state index in [1.54, 1.807) is 29.8 Å². The summed E-state index contributed by atoms with van der Waals surface area (Å²) in [6, 6.07) is 14.5. The SMILES string of the molecule is COc1ccc2sc(Nc3sc4c(c3-c3nc5ccccc5s3)CCC(C)C4)nc2c1. The number of ether oxygens (including phenoxy) is 1. The van der Waals surface area contributed by atoms with Crippen molar-refractivity contribution in [2.45, 2.75) is 26.2 Å². The highest BCUT2D eigenvalue weighted by Crippen LogP contribution is 2.48. The summed E-state index contributed by atoms with van der Waals surface area (Å²) in [5.41, 5.74) is 4.80. The summed E-state index contributed by atoms with van der Waals surface area (Å²) in [6.45, 7) is 2.36.